The first-order chi connectivity index (χ1) is 15.5. The molecule has 1 aliphatic rings. The summed E-state index contributed by atoms with van der Waals surface area (Å²) in [5.41, 5.74) is 3.57. The van der Waals surface area contributed by atoms with Crippen molar-refractivity contribution in [2.24, 2.45) is 0 Å². The Morgan fingerprint density at radius 2 is 2.03 bits per heavy atom. The van der Waals surface area contributed by atoms with Crippen LogP contribution in [0.4, 0.5) is 10.2 Å². The molecule has 0 radical (unpaired) electrons. The van der Waals surface area contributed by atoms with Crippen molar-refractivity contribution in [3.63, 3.8) is 0 Å². The van der Waals surface area contributed by atoms with Gasteiger partial charge in [0.1, 0.15) is 17.3 Å². The van der Waals surface area contributed by atoms with Crippen molar-refractivity contribution in [1.82, 2.24) is 24.6 Å². The van der Waals surface area contributed by atoms with E-state index in [0.29, 0.717) is 22.8 Å². The molecule has 0 amide bonds. The summed E-state index contributed by atoms with van der Waals surface area (Å²) in [4.78, 5) is 15.1. The van der Waals surface area contributed by atoms with Gasteiger partial charge in [-0.1, -0.05) is 0 Å². The first-order valence-corrected chi connectivity index (χ1v) is 10.5. The van der Waals surface area contributed by atoms with Crippen LogP contribution in [-0.4, -0.2) is 43.3 Å². The molecule has 2 atom stereocenters. The van der Waals surface area contributed by atoms with Gasteiger partial charge in [-0.2, -0.15) is 0 Å². The van der Waals surface area contributed by atoms with E-state index in [1.165, 1.54) is 6.07 Å². The van der Waals surface area contributed by atoms with Crippen LogP contribution in [0.1, 0.15) is 43.0 Å². The molecular weight excluding hydrogens is 411 g/mol. The van der Waals surface area contributed by atoms with E-state index >= 15 is 0 Å². The van der Waals surface area contributed by atoms with Gasteiger partial charge in [-0.15, -0.1) is 5.10 Å². The number of halogens is 1. The smallest absolute Gasteiger partial charge is 0.218 e. The van der Waals surface area contributed by atoms with Crippen molar-refractivity contribution in [3.8, 4) is 17.3 Å². The van der Waals surface area contributed by atoms with Crippen LogP contribution in [0.15, 0.2) is 48.9 Å². The Morgan fingerprint density at radius 1 is 1.16 bits per heavy atom. The quantitative estimate of drug-likeness (QED) is 0.512. The van der Waals surface area contributed by atoms with Crippen molar-refractivity contribution >= 4 is 11.5 Å². The predicted molar refractivity (Wildman–Crippen MR) is 117 cm³/mol. The minimum atomic E-state index is -0.598. The third-order valence-corrected chi connectivity index (χ3v) is 5.82. The summed E-state index contributed by atoms with van der Waals surface area (Å²) in [6, 6.07) is 8.84. The highest BCUT2D eigenvalue weighted by molar-refractivity contribution is 5.61. The van der Waals surface area contributed by atoms with Crippen LogP contribution in [0.25, 0.3) is 17.0 Å². The summed E-state index contributed by atoms with van der Waals surface area (Å²) < 4.78 is 21.1. The lowest BCUT2D eigenvalue weighted by molar-refractivity contribution is 0.199. The van der Waals surface area contributed by atoms with E-state index in [1.54, 1.807) is 37.0 Å². The van der Waals surface area contributed by atoms with E-state index in [2.05, 4.69) is 19.9 Å². The van der Waals surface area contributed by atoms with Crippen LogP contribution in [0.5, 0.6) is 5.88 Å². The van der Waals surface area contributed by atoms with E-state index in [4.69, 9.17) is 9.84 Å². The SMILES string of the molecule is COc1ncc(F)cc1C1CCCN1c1ccc2ncc(-c3cc([C@@H](C)O)ccn3)n2n1. The van der Waals surface area contributed by atoms with Crippen LogP contribution in [0.2, 0.25) is 0 Å². The molecule has 0 aliphatic carbocycles. The van der Waals surface area contributed by atoms with E-state index in [0.717, 1.165) is 42.7 Å². The summed E-state index contributed by atoms with van der Waals surface area (Å²) in [7, 11) is 1.54. The number of pyridine rings is 2. The van der Waals surface area contributed by atoms with Crippen LogP contribution in [-0.2, 0) is 0 Å². The molecule has 32 heavy (non-hydrogen) atoms. The second-order valence-electron chi connectivity index (χ2n) is 7.86. The van der Waals surface area contributed by atoms with Gasteiger partial charge in [0, 0.05) is 18.3 Å². The monoisotopic (exact) mass is 434 g/mol. The van der Waals surface area contributed by atoms with Crippen LogP contribution < -0.4 is 9.64 Å². The molecule has 4 aromatic heterocycles. The number of aliphatic hydroxyl groups is 1. The summed E-state index contributed by atoms with van der Waals surface area (Å²) in [5, 5.41) is 14.8. The van der Waals surface area contributed by atoms with Crippen molar-refractivity contribution in [2.75, 3.05) is 18.6 Å². The van der Waals surface area contributed by atoms with Gasteiger partial charge in [-0.05, 0) is 55.7 Å². The Labute approximate surface area is 184 Å². The number of rotatable bonds is 5. The van der Waals surface area contributed by atoms with E-state index in [-0.39, 0.29) is 6.04 Å². The van der Waals surface area contributed by atoms with Crippen molar-refractivity contribution in [2.45, 2.75) is 31.9 Å². The maximum atomic E-state index is 14.0. The minimum Gasteiger partial charge on any atom is -0.481 e. The summed E-state index contributed by atoms with van der Waals surface area (Å²) >= 11 is 0. The molecular formula is C23H23FN6O2. The number of hydrogen-bond donors (Lipinski definition) is 1. The first kappa shape index (κ1) is 20.3. The van der Waals surface area contributed by atoms with Gasteiger partial charge in [0.2, 0.25) is 5.88 Å². The highest BCUT2D eigenvalue weighted by Crippen LogP contribution is 2.39. The molecule has 1 unspecified atom stereocenters. The van der Waals surface area contributed by atoms with E-state index in [1.807, 2.05) is 18.2 Å². The van der Waals surface area contributed by atoms with Gasteiger partial charge in [0.25, 0.3) is 0 Å². The third-order valence-electron chi connectivity index (χ3n) is 5.82. The first-order valence-electron chi connectivity index (χ1n) is 10.5. The number of methoxy groups -OCH3 is 1. The Kier molecular flexibility index (Phi) is 5.18. The number of fused-ring (bicyclic) bond motifs is 1. The molecule has 1 fully saturated rings. The molecule has 1 aliphatic heterocycles. The molecule has 4 aromatic rings. The molecule has 0 saturated carbocycles. The molecule has 9 heteroatoms. The van der Waals surface area contributed by atoms with Crippen molar-refractivity contribution < 1.29 is 14.2 Å². The lowest BCUT2D eigenvalue weighted by atomic mass is 10.1. The van der Waals surface area contributed by atoms with Gasteiger partial charge in [-0.3, -0.25) is 4.98 Å². The van der Waals surface area contributed by atoms with E-state index < -0.39 is 11.9 Å². The van der Waals surface area contributed by atoms with Gasteiger partial charge in [-0.25, -0.2) is 18.9 Å². The molecule has 8 nitrogen and oxygen atoms in total. The van der Waals surface area contributed by atoms with Crippen LogP contribution >= 0.6 is 0 Å². The summed E-state index contributed by atoms with van der Waals surface area (Å²) in [6.45, 7) is 2.50. The van der Waals surface area contributed by atoms with Crippen molar-refractivity contribution in [1.29, 1.82) is 0 Å². The summed E-state index contributed by atoms with van der Waals surface area (Å²) in [5.74, 6) is 0.779. The molecule has 1 N–H and O–H groups in total. The normalized spacial score (nSPS) is 17.1. The Hall–Kier alpha value is -3.59. The number of anilines is 1. The number of ether oxygens (including phenoxy) is 1. The van der Waals surface area contributed by atoms with Crippen LogP contribution in [0, 0.1) is 5.82 Å². The number of aliphatic hydroxyl groups excluding tert-OH is 1. The average Bonchev–Trinajstić information content (AvgIpc) is 3.46. The molecule has 0 bridgehead atoms. The number of aromatic nitrogens is 5. The Bertz CT molecular complexity index is 1270. The maximum absolute atomic E-state index is 14.0. The zero-order chi connectivity index (χ0) is 22.2. The van der Waals surface area contributed by atoms with Gasteiger partial charge < -0.3 is 14.7 Å². The molecule has 5 rings (SSSR count). The fraction of sp³-hybridized carbons (Fsp3) is 0.304. The van der Waals surface area contributed by atoms with Gasteiger partial charge in [0.05, 0.1) is 37.3 Å². The highest BCUT2D eigenvalue weighted by atomic mass is 19.1. The number of hydrogen-bond acceptors (Lipinski definition) is 7. The van der Waals surface area contributed by atoms with Crippen LogP contribution in [0.3, 0.4) is 0 Å². The lowest BCUT2D eigenvalue weighted by Gasteiger charge is -2.26. The van der Waals surface area contributed by atoms with Crippen molar-refractivity contribution in [3.05, 3.63) is 65.9 Å². The topological polar surface area (TPSA) is 88.7 Å². The average molecular weight is 434 g/mol. The third kappa shape index (κ3) is 3.54. The number of nitrogens with zero attached hydrogens (tertiary/aromatic N) is 6. The fourth-order valence-corrected chi connectivity index (χ4v) is 4.25. The zero-order valence-electron chi connectivity index (χ0n) is 17.8. The Morgan fingerprint density at radius 3 is 2.84 bits per heavy atom. The number of imidazole rings is 1. The fourth-order valence-electron chi connectivity index (χ4n) is 4.25. The lowest BCUT2D eigenvalue weighted by Crippen LogP contribution is -2.25. The van der Waals surface area contributed by atoms with E-state index in [9.17, 15) is 9.50 Å². The molecule has 0 spiro atoms. The minimum absolute atomic E-state index is 0.0956. The molecule has 0 aromatic carbocycles. The molecule has 164 valence electrons. The second kappa shape index (κ2) is 8.16. The zero-order valence-corrected chi connectivity index (χ0v) is 17.8. The second-order valence-corrected chi connectivity index (χ2v) is 7.86. The van der Waals surface area contributed by atoms with Gasteiger partial charge in [0.15, 0.2) is 5.65 Å². The predicted octanol–water partition coefficient (Wildman–Crippen LogP) is 3.73. The van der Waals surface area contributed by atoms with Gasteiger partial charge >= 0.3 is 0 Å². The molecule has 5 heterocycles. The highest BCUT2D eigenvalue weighted by Gasteiger charge is 2.31. The largest absolute Gasteiger partial charge is 0.481 e. The standard InChI is InChI=1S/C23H23FN6O2/c1-14(31)15-7-8-25-18(10-15)20-13-26-21-5-6-22(28-30(20)21)29-9-3-4-19(29)17-11-16(24)12-27-23(17)32-2/h5-8,10-14,19,31H,3-4,9H2,1-2H3/t14-,19?/m1/s1. The summed E-state index contributed by atoms with van der Waals surface area (Å²) in [6.07, 6.45) is 5.74. The maximum Gasteiger partial charge on any atom is 0.218 e. The Balaban J connectivity index is 1.56. The molecule has 1 saturated heterocycles.